The molecule has 2 saturated carbocycles. The second-order valence-corrected chi connectivity index (χ2v) is 10.8. The first-order valence-electron chi connectivity index (χ1n) is 10.2. The van der Waals surface area contributed by atoms with Crippen molar-refractivity contribution in [2.24, 2.45) is 0 Å². The van der Waals surface area contributed by atoms with Gasteiger partial charge in [-0.25, -0.2) is 0 Å². The number of nitrogens with zero attached hydrogens (tertiary/aromatic N) is 3. The second-order valence-electron chi connectivity index (χ2n) is 8.30. The van der Waals surface area contributed by atoms with Crippen LogP contribution in [0.2, 0.25) is 0 Å². The van der Waals surface area contributed by atoms with Crippen LogP contribution in [0, 0.1) is 0 Å². The fourth-order valence-electron chi connectivity index (χ4n) is 4.56. The summed E-state index contributed by atoms with van der Waals surface area (Å²) in [5, 5.41) is 0. The van der Waals surface area contributed by atoms with Crippen molar-refractivity contribution in [3.8, 4) is 0 Å². The Morgan fingerprint density at radius 3 is 2.46 bits per heavy atom. The van der Waals surface area contributed by atoms with Gasteiger partial charge < -0.3 is 9.45 Å². The highest BCUT2D eigenvalue weighted by Gasteiger charge is 2.46. The zero-order valence-corrected chi connectivity index (χ0v) is 18.8. The average molecular weight is 440 g/mol. The molecule has 1 saturated heterocycles. The number of thiol groups is 1. The van der Waals surface area contributed by atoms with Gasteiger partial charge in [0.15, 0.2) is 0 Å². The summed E-state index contributed by atoms with van der Waals surface area (Å²) in [5.74, 6) is -0.0394. The van der Waals surface area contributed by atoms with E-state index in [1.54, 1.807) is 4.90 Å². The monoisotopic (exact) mass is 439 g/mol. The van der Waals surface area contributed by atoms with Gasteiger partial charge in [0.1, 0.15) is 6.04 Å². The fourth-order valence-corrected chi connectivity index (χ4v) is 5.50. The highest BCUT2D eigenvalue weighted by Crippen LogP contribution is 2.50. The molecule has 0 spiro atoms. The zero-order valence-electron chi connectivity index (χ0n) is 16.3. The summed E-state index contributed by atoms with van der Waals surface area (Å²) in [5.41, 5.74) is 2.62. The van der Waals surface area contributed by atoms with Crippen LogP contribution in [-0.2, 0) is 31.3 Å². The molecular weight excluding hydrogens is 410 g/mol. The number of rotatable bonds is 8. The molecule has 5 nitrogen and oxygen atoms in total. The largest absolute Gasteiger partial charge is 0.315 e. The third kappa shape index (κ3) is 3.91. The number of benzene rings is 1. The number of likely N-dealkylation sites (N-methyl/N-ethyl adjacent to an activating group) is 1. The molecule has 2 unspecified atom stereocenters. The van der Waals surface area contributed by atoms with Gasteiger partial charge in [0.05, 0.1) is 9.92 Å². The number of carbonyl (C=O) groups excluding carboxylic acids is 1. The van der Waals surface area contributed by atoms with E-state index in [0.717, 1.165) is 24.8 Å². The highest BCUT2D eigenvalue weighted by molar-refractivity contribution is 8.27. The summed E-state index contributed by atoms with van der Waals surface area (Å²) in [6.45, 7) is 5.19. The minimum Gasteiger partial charge on any atom is -0.315 e. The van der Waals surface area contributed by atoms with Crippen molar-refractivity contribution in [1.82, 2.24) is 8.61 Å². The van der Waals surface area contributed by atoms with Crippen molar-refractivity contribution in [2.75, 3.05) is 24.5 Å². The Morgan fingerprint density at radius 1 is 1.29 bits per heavy atom. The molecular formula is C20H29N3O2S3. The van der Waals surface area contributed by atoms with Gasteiger partial charge in [0.2, 0.25) is 5.91 Å². The smallest absolute Gasteiger partial charge is 0.246 e. The van der Waals surface area contributed by atoms with Crippen LogP contribution < -0.4 is 4.90 Å². The third-order valence-corrected chi connectivity index (χ3v) is 8.88. The minimum absolute atomic E-state index is 0.0394. The van der Waals surface area contributed by atoms with Crippen molar-refractivity contribution in [2.45, 2.75) is 62.9 Å². The summed E-state index contributed by atoms with van der Waals surface area (Å²) >= 11 is 9.05. The summed E-state index contributed by atoms with van der Waals surface area (Å²) < 4.78 is 10.9. The Hall–Kier alpha value is -0.510. The maximum absolute atomic E-state index is 12.7. The maximum atomic E-state index is 12.7. The zero-order chi connectivity index (χ0) is 19.9. The third-order valence-electron chi connectivity index (χ3n) is 6.75. The first kappa shape index (κ1) is 20.8. The number of hydrogen-bond acceptors (Lipinski definition) is 4. The number of carbonyl (C=O) groups is 1. The van der Waals surface area contributed by atoms with E-state index in [1.807, 2.05) is 0 Å². The Labute approximate surface area is 180 Å². The summed E-state index contributed by atoms with van der Waals surface area (Å²) in [6.07, 6.45) is 7.22. The van der Waals surface area contributed by atoms with Crippen molar-refractivity contribution >= 4 is 45.5 Å². The van der Waals surface area contributed by atoms with E-state index in [2.05, 4.69) is 48.9 Å². The van der Waals surface area contributed by atoms with E-state index in [0.29, 0.717) is 18.4 Å². The standard InChI is InChI=1S/C20H29N3O2S3/c1-2-21(16-4-3-5-16)14-20(11-12-20)15-6-8-17(9-7-15)22-13-10-18(19(22)24)23(26)28(25)27/h6-9,16,18,26H,2-5,10-14H2,1H3,(H,25,27). The van der Waals surface area contributed by atoms with Gasteiger partial charge in [-0.1, -0.05) is 38.3 Å². The molecule has 3 fully saturated rings. The molecule has 1 aromatic rings. The molecule has 28 heavy (non-hydrogen) atoms. The Kier molecular flexibility index (Phi) is 6.16. The lowest BCUT2D eigenvalue weighted by molar-refractivity contribution is -0.119. The molecule has 2 aliphatic carbocycles. The van der Waals surface area contributed by atoms with Crippen molar-refractivity contribution in [3.63, 3.8) is 0 Å². The van der Waals surface area contributed by atoms with E-state index in [1.165, 1.54) is 41.4 Å². The number of anilines is 1. The van der Waals surface area contributed by atoms with Gasteiger partial charge in [-0.15, -0.1) is 0 Å². The van der Waals surface area contributed by atoms with Crippen LogP contribution in [0.25, 0.3) is 0 Å². The summed E-state index contributed by atoms with van der Waals surface area (Å²) in [7, 11) is -1.43. The molecule has 1 aliphatic heterocycles. The van der Waals surface area contributed by atoms with Crippen molar-refractivity contribution in [3.05, 3.63) is 29.8 Å². The second kappa shape index (κ2) is 8.32. The lowest BCUT2D eigenvalue weighted by atomic mass is 9.88. The van der Waals surface area contributed by atoms with Crippen LogP contribution >= 0.6 is 12.8 Å². The molecule has 2 atom stereocenters. The lowest BCUT2D eigenvalue weighted by Crippen LogP contribution is -2.44. The van der Waals surface area contributed by atoms with Crippen LogP contribution in [0.4, 0.5) is 5.69 Å². The van der Waals surface area contributed by atoms with Crippen molar-refractivity contribution < 1.29 is 9.35 Å². The predicted octanol–water partition coefficient (Wildman–Crippen LogP) is 3.31. The van der Waals surface area contributed by atoms with E-state index in [-0.39, 0.29) is 5.91 Å². The van der Waals surface area contributed by atoms with Crippen LogP contribution in [0.5, 0.6) is 0 Å². The first-order valence-corrected chi connectivity index (χ1v) is 12.7. The van der Waals surface area contributed by atoms with E-state index >= 15 is 0 Å². The molecule has 1 N–H and O–H groups in total. The fraction of sp³-hybridized carbons (Fsp3) is 0.650. The molecule has 0 radical (unpaired) electrons. The van der Waals surface area contributed by atoms with E-state index in [4.69, 9.17) is 11.2 Å². The molecule has 0 bridgehead atoms. The molecule has 0 aromatic heterocycles. The van der Waals surface area contributed by atoms with Gasteiger partial charge in [-0.2, -0.15) is 3.71 Å². The maximum Gasteiger partial charge on any atom is 0.246 e. The van der Waals surface area contributed by atoms with Gasteiger partial charge in [0.25, 0.3) is 0 Å². The van der Waals surface area contributed by atoms with Crippen LogP contribution in [0.15, 0.2) is 24.3 Å². The average Bonchev–Trinajstić information content (AvgIpc) is 3.33. The lowest BCUT2D eigenvalue weighted by Gasteiger charge is -2.39. The number of hydrogen-bond donors (Lipinski definition) is 2. The van der Waals surface area contributed by atoms with Gasteiger partial charge >= 0.3 is 0 Å². The molecule has 154 valence electrons. The normalized spacial score (nSPS) is 25.4. The molecule has 1 heterocycles. The van der Waals surface area contributed by atoms with Crippen LogP contribution in [0.3, 0.4) is 0 Å². The quantitative estimate of drug-likeness (QED) is 0.609. The molecule has 3 aliphatic rings. The van der Waals surface area contributed by atoms with E-state index < -0.39 is 16.0 Å². The van der Waals surface area contributed by atoms with Crippen molar-refractivity contribution in [1.29, 1.82) is 0 Å². The van der Waals surface area contributed by atoms with Crippen LogP contribution in [-0.4, -0.2) is 50.8 Å². The van der Waals surface area contributed by atoms with Gasteiger partial charge in [-0.3, -0.25) is 9.69 Å². The Balaban J connectivity index is 1.44. The SMILES string of the molecule is CCN(CC1(c2ccc(N3CCC(N(S)S(O)=S)C3=O)cc2)CC1)C1CCC1. The molecule has 1 amide bonds. The van der Waals surface area contributed by atoms with Gasteiger partial charge in [-0.05, 0) is 67.5 Å². The highest BCUT2D eigenvalue weighted by atomic mass is 32.8. The van der Waals surface area contributed by atoms with E-state index in [9.17, 15) is 9.35 Å². The molecule has 1 aromatic carbocycles. The minimum atomic E-state index is -1.43. The topological polar surface area (TPSA) is 47.0 Å². The first-order chi connectivity index (χ1) is 13.4. The number of amides is 1. The Morgan fingerprint density at radius 2 is 1.96 bits per heavy atom. The Bertz CT molecular complexity index is 750. The van der Waals surface area contributed by atoms with Gasteiger partial charge in [0, 0.05) is 30.2 Å². The molecule has 8 heteroatoms. The molecule has 4 rings (SSSR count). The summed E-state index contributed by atoms with van der Waals surface area (Å²) in [6, 6.07) is 8.89. The van der Waals surface area contributed by atoms with Crippen LogP contribution in [0.1, 0.15) is 51.0 Å². The predicted molar refractivity (Wildman–Crippen MR) is 121 cm³/mol. The summed E-state index contributed by atoms with van der Waals surface area (Å²) in [4.78, 5) is 17.2.